The zero-order chi connectivity index (χ0) is 31.4. The number of benzene rings is 4. The number of aliphatic hydroxyl groups excluding tert-OH is 2. The maximum Gasteiger partial charge on any atom is 0.391 e. The third kappa shape index (κ3) is 11.2. The average Bonchev–Trinajstić information content (AvgIpc) is 2.98. The first-order valence-corrected chi connectivity index (χ1v) is 16.4. The summed E-state index contributed by atoms with van der Waals surface area (Å²) in [5.74, 6) is -0.758. The molecule has 3 atom stereocenters. The molecule has 226 valence electrons. The number of aliphatic hydroxyl groups is 2. The summed E-state index contributed by atoms with van der Waals surface area (Å²) in [6, 6.07) is 35.8. The minimum Gasteiger partial charge on any atom is -0.393 e. The van der Waals surface area contributed by atoms with Gasteiger partial charge in [-0.15, -0.1) is 0 Å². The molecule has 0 fully saturated rings. The molecule has 0 aliphatic heterocycles. The predicted octanol–water partition coefficient (Wildman–Crippen LogP) is 4.26. The Labute approximate surface area is 245 Å². The molecule has 4 rings (SSSR count). The van der Waals surface area contributed by atoms with E-state index in [4.69, 9.17) is 10.2 Å². The van der Waals surface area contributed by atoms with Gasteiger partial charge >= 0.3 is 21.6 Å². The van der Waals surface area contributed by atoms with Crippen LogP contribution < -0.4 is 21.2 Å². The number of rotatable bonds is 7. The zero-order valence-corrected chi connectivity index (χ0v) is 25.0. The van der Waals surface area contributed by atoms with Crippen LogP contribution in [0.1, 0.15) is 20.3 Å². The maximum atomic E-state index is 11.7. The first-order chi connectivity index (χ1) is 19.7. The number of hydrogen-bond acceptors (Lipinski definition) is 6. The Bertz CT molecular complexity index is 1120. The smallest absolute Gasteiger partial charge is 0.391 e. The molecule has 0 aromatic heterocycles. The molecule has 0 saturated carbocycles. The Balaban J connectivity index is 0.000000222. The quantitative estimate of drug-likeness (QED) is 0.171. The van der Waals surface area contributed by atoms with Gasteiger partial charge in [-0.05, 0) is 55.5 Å². The summed E-state index contributed by atoms with van der Waals surface area (Å²) in [6.07, 6.45) is -8.09. The molecule has 0 radical (unpaired) electrons. The first-order valence-electron chi connectivity index (χ1n) is 13.0. The van der Waals surface area contributed by atoms with Gasteiger partial charge in [0.2, 0.25) is 0 Å². The van der Waals surface area contributed by atoms with Gasteiger partial charge in [-0.3, -0.25) is 0 Å². The highest BCUT2D eigenvalue weighted by molar-refractivity contribution is 7.79. The molecular formula is C31H37F3O6P2+2. The van der Waals surface area contributed by atoms with Crippen molar-refractivity contribution in [1.29, 1.82) is 0 Å². The summed E-state index contributed by atoms with van der Waals surface area (Å²) in [5.41, 5.74) is 0. The van der Waals surface area contributed by atoms with Gasteiger partial charge in [0.05, 0.1) is 18.6 Å². The van der Waals surface area contributed by atoms with Crippen LogP contribution >= 0.6 is 15.4 Å². The van der Waals surface area contributed by atoms with Crippen LogP contribution in [0.4, 0.5) is 13.2 Å². The van der Waals surface area contributed by atoms with Gasteiger partial charge in [-0.1, -0.05) is 79.7 Å². The van der Waals surface area contributed by atoms with E-state index < -0.39 is 46.2 Å². The van der Waals surface area contributed by atoms with Crippen molar-refractivity contribution in [2.24, 2.45) is 5.92 Å². The highest BCUT2D eigenvalue weighted by Crippen LogP contribution is 2.47. The monoisotopic (exact) mass is 624 g/mol. The van der Waals surface area contributed by atoms with Gasteiger partial charge < -0.3 is 10.2 Å². The topological polar surface area (TPSA) is 121 Å². The molecule has 6 nitrogen and oxygen atoms in total. The van der Waals surface area contributed by atoms with E-state index in [-0.39, 0.29) is 0 Å². The Kier molecular flexibility index (Phi) is 13.7. The summed E-state index contributed by atoms with van der Waals surface area (Å²) < 4.78 is 35.1. The standard InChI is InChI=1S/2C12H12O2P.C7H13F3O2/c2*13-15(14,11-7-3-1-4-8-11)12-9-5-2-6-10-12;1-4(5(2)11)6(12)3-7(8,9)10/h2*1-10,13-14H;4-6,11-12H,3H2,1-2H3/q2*+1;. The molecular weight excluding hydrogens is 587 g/mol. The molecule has 42 heavy (non-hydrogen) atoms. The van der Waals surface area contributed by atoms with Crippen molar-refractivity contribution in [3.63, 3.8) is 0 Å². The highest BCUT2D eigenvalue weighted by atomic mass is 31.2. The molecule has 0 spiro atoms. The fourth-order valence-corrected chi connectivity index (χ4v) is 6.53. The molecule has 4 aromatic carbocycles. The second-order valence-electron chi connectivity index (χ2n) is 9.53. The summed E-state index contributed by atoms with van der Waals surface area (Å²) in [5, 5.41) is 20.1. The predicted molar refractivity (Wildman–Crippen MR) is 165 cm³/mol. The molecule has 0 heterocycles. The van der Waals surface area contributed by atoms with E-state index >= 15 is 0 Å². The summed E-state index contributed by atoms with van der Waals surface area (Å²) in [6.45, 7) is 2.73. The van der Waals surface area contributed by atoms with Gasteiger partial charge in [0.1, 0.15) is 0 Å². The van der Waals surface area contributed by atoms with Crippen molar-refractivity contribution in [3.8, 4) is 0 Å². The number of hydrogen-bond donors (Lipinski definition) is 6. The minimum absolute atomic E-state index is 0.580. The molecule has 0 bridgehead atoms. The van der Waals surface area contributed by atoms with Crippen molar-refractivity contribution in [2.75, 3.05) is 0 Å². The normalized spacial score (nSPS) is 13.9. The van der Waals surface area contributed by atoms with Crippen LogP contribution in [0.3, 0.4) is 0 Å². The van der Waals surface area contributed by atoms with E-state index in [1.54, 1.807) is 97.1 Å². The van der Waals surface area contributed by atoms with E-state index in [1.165, 1.54) is 13.8 Å². The van der Waals surface area contributed by atoms with Crippen molar-refractivity contribution in [3.05, 3.63) is 121 Å². The van der Waals surface area contributed by atoms with Crippen molar-refractivity contribution >= 4 is 36.7 Å². The largest absolute Gasteiger partial charge is 0.393 e. The number of halogens is 3. The highest BCUT2D eigenvalue weighted by Gasteiger charge is 2.40. The fourth-order valence-electron chi connectivity index (χ4n) is 3.59. The van der Waals surface area contributed by atoms with E-state index in [2.05, 4.69) is 0 Å². The van der Waals surface area contributed by atoms with E-state index in [0.29, 0.717) is 21.2 Å². The minimum atomic E-state index is -4.37. The molecule has 3 unspecified atom stereocenters. The molecule has 0 amide bonds. The molecule has 0 aliphatic carbocycles. The lowest BCUT2D eigenvalue weighted by Gasteiger charge is -2.22. The Morgan fingerprint density at radius 1 is 0.524 bits per heavy atom. The second kappa shape index (κ2) is 16.2. The summed E-state index contributed by atoms with van der Waals surface area (Å²) >= 11 is 0. The molecule has 0 aliphatic rings. The molecule has 4 aromatic rings. The lowest BCUT2D eigenvalue weighted by molar-refractivity contribution is -0.162. The summed E-state index contributed by atoms with van der Waals surface area (Å²) in [7, 11) is -6.29. The SMILES string of the molecule is CC(O)C(C)C(O)CC(F)(F)F.O[P+](O)(c1ccccc1)c1ccccc1.O[P+](O)(c1ccccc1)c1ccccc1. The Hall–Kier alpha value is -2.71. The zero-order valence-electron chi connectivity index (χ0n) is 23.2. The Morgan fingerprint density at radius 2 is 0.762 bits per heavy atom. The maximum absolute atomic E-state index is 11.7. The summed E-state index contributed by atoms with van der Waals surface area (Å²) in [4.78, 5) is 40.5. The van der Waals surface area contributed by atoms with Gasteiger partial charge in [0.25, 0.3) is 0 Å². The fraction of sp³-hybridized carbons (Fsp3) is 0.226. The number of alkyl halides is 3. The van der Waals surface area contributed by atoms with Gasteiger partial charge in [0.15, 0.2) is 21.2 Å². The van der Waals surface area contributed by atoms with E-state index in [0.717, 1.165) is 0 Å². The van der Waals surface area contributed by atoms with Crippen LogP contribution in [0, 0.1) is 5.92 Å². The second-order valence-corrected chi connectivity index (χ2v) is 14.0. The van der Waals surface area contributed by atoms with Crippen LogP contribution in [-0.2, 0) is 0 Å². The average molecular weight is 625 g/mol. The van der Waals surface area contributed by atoms with Gasteiger partial charge in [-0.25, -0.2) is 19.6 Å². The molecule has 11 heteroatoms. The van der Waals surface area contributed by atoms with Crippen LogP contribution in [0.25, 0.3) is 0 Å². The van der Waals surface area contributed by atoms with Crippen LogP contribution in [0.2, 0.25) is 0 Å². The van der Waals surface area contributed by atoms with Crippen LogP contribution in [0.15, 0.2) is 121 Å². The van der Waals surface area contributed by atoms with Gasteiger partial charge in [0, 0.05) is 5.92 Å². The van der Waals surface area contributed by atoms with Crippen molar-refractivity contribution < 1.29 is 43.0 Å². The van der Waals surface area contributed by atoms with Gasteiger partial charge in [-0.2, -0.15) is 13.2 Å². The first kappa shape index (κ1) is 35.5. The third-order valence-electron chi connectivity index (χ3n) is 6.27. The van der Waals surface area contributed by atoms with E-state index in [1.807, 2.05) is 24.3 Å². The molecule has 6 N–H and O–H groups in total. The van der Waals surface area contributed by atoms with Crippen molar-refractivity contribution in [2.45, 2.75) is 38.7 Å². The van der Waals surface area contributed by atoms with Crippen LogP contribution in [0.5, 0.6) is 0 Å². The van der Waals surface area contributed by atoms with E-state index in [9.17, 15) is 32.7 Å². The van der Waals surface area contributed by atoms with Crippen LogP contribution in [-0.4, -0.2) is 48.2 Å². The Morgan fingerprint density at radius 3 is 0.952 bits per heavy atom. The van der Waals surface area contributed by atoms with Crippen molar-refractivity contribution in [1.82, 2.24) is 0 Å². The third-order valence-corrected chi connectivity index (χ3v) is 10.3. The lowest BCUT2D eigenvalue weighted by Crippen LogP contribution is -2.31. The lowest BCUT2D eigenvalue weighted by atomic mass is 9.97. The molecule has 0 saturated heterocycles.